The largest absolute Gasteiger partial charge is 0.491 e. The van der Waals surface area contributed by atoms with E-state index in [1.807, 2.05) is 19.1 Å². The Bertz CT molecular complexity index is 876. The molecule has 0 aliphatic carbocycles. The fraction of sp³-hybridized carbons (Fsp3) is 0.759. The van der Waals surface area contributed by atoms with Gasteiger partial charge in [0.25, 0.3) is 0 Å². The van der Waals surface area contributed by atoms with Gasteiger partial charge in [0.15, 0.2) is 0 Å². The zero-order valence-electron chi connectivity index (χ0n) is 24.0. The number of hydrogen-bond donors (Lipinski definition) is 0. The molecule has 3 rings (SSSR count). The van der Waals surface area contributed by atoms with Crippen molar-refractivity contribution in [3.05, 3.63) is 29.8 Å². The lowest BCUT2D eigenvalue weighted by atomic mass is 9.85. The molecular formula is C29H47NO7. The topological polar surface area (TPSA) is 79.0 Å². The molecule has 0 radical (unpaired) electrons. The summed E-state index contributed by atoms with van der Waals surface area (Å²) in [7, 11) is 0. The SMILES string of the molecule is CCC1(C)COCC(C)(COC(C)=O)COC(C)C(C)(CC)N1OC(C)c1ccc(OCC2CO2)cc1. The van der Waals surface area contributed by atoms with Gasteiger partial charge < -0.3 is 23.7 Å². The lowest BCUT2D eigenvalue weighted by molar-refractivity contribution is -0.329. The van der Waals surface area contributed by atoms with Crippen molar-refractivity contribution in [1.82, 2.24) is 5.06 Å². The highest BCUT2D eigenvalue weighted by molar-refractivity contribution is 5.65. The second-order valence-electron chi connectivity index (χ2n) is 11.5. The standard InChI is InChI=1S/C29H47NO7/c1-9-28(7)20-32-17-27(6,19-36-23(5)31)18-35-22(4)29(8,10-2)30(28)37-21(3)24-11-13-25(14-12-24)33-15-26-16-34-26/h11-14,21-22,26H,9-10,15-20H2,1-8H3. The number of ether oxygens (including phenoxy) is 5. The van der Waals surface area contributed by atoms with Crippen LogP contribution in [-0.2, 0) is 28.6 Å². The Hall–Kier alpha value is -1.71. The number of hydroxylamine groups is 2. The Balaban J connectivity index is 1.80. The minimum absolute atomic E-state index is 0.147. The van der Waals surface area contributed by atoms with Crippen LogP contribution >= 0.6 is 0 Å². The highest BCUT2D eigenvalue weighted by atomic mass is 16.7. The van der Waals surface area contributed by atoms with Crippen LogP contribution in [0.4, 0.5) is 0 Å². The normalized spacial score (nSPS) is 33.9. The second-order valence-corrected chi connectivity index (χ2v) is 11.5. The van der Waals surface area contributed by atoms with E-state index in [1.54, 1.807) is 0 Å². The lowest BCUT2D eigenvalue weighted by Crippen LogP contribution is -2.65. The lowest BCUT2D eigenvalue weighted by Gasteiger charge is -2.53. The molecule has 1 aromatic rings. The van der Waals surface area contributed by atoms with Gasteiger partial charge in [-0.05, 0) is 58.2 Å². The summed E-state index contributed by atoms with van der Waals surface area (Å²) in [5, 5.41) is 2.14. The van der Waals surface area contributed by atoms with Crippen LogP contribution in [0.15, 0.2) is 24.3 Å². The Morgan fingerprint density at radius 2 is 1.76 bits per heavy atom. The molecular weight excluding hydrogens is 474 g/mol. The monoisotopic (exact) mass is 521 g/mol. The maximum absolute atomic E-state index is 11.5. The molecule has 1 aromatic carbocycles. The molecule has 0 N–H and O–H groups in total. The predicted molar refractivity (Wildman–Crippen MR) is 141 cm³/mol. The van der Waals surface area contributed by atoms with Gasteiger partial charge in [0.1, 0.15) is 31.2 Å². The molecule has 2 heterocycles. The third-order valence-corrected chi connectivity index (χ3v) is 7.93. The first kappa shape index (κ1) is 29.8. The first-order chi connectivity index (χ1) is 17.4. The third kappa shape index (κ3) is 7.67. The summed E-state index contributed by atoms with van der Waals surface area (Å²) in [6.45, 7) is 19.3. The van der Waals surface area contributed by atoms with Crippen LogP contribution in [0.1, 0.15) is 79.9 Å². The van der Waals surface area contributed by atoms with E-state index < -0.39 is 16.5 Å². The van der Waals surface area contributed by atoms with Gasteiger partial charge in [-0.2, -0.15) is 5.06 Å². The smallest absolute Gasteiger partial charge is 0.302 e. The summed E-state index contributed by atoms with van der Waals surface area (Å²) in [4.78, 5) is 18.3. The Labute approximate surface area is 222 Å². The number of carbonyl (C=O) groups excluding carboxylic acids is 1. The van der Waals surface area contributed by atoms with E-state index in [-0.39, 0.29) is 30.9 Å². The number of benzene rings is 1. The van der Waals surface area contributed by atoms with E-state index in [4.69, 9.17) is 28.5 Å². The molecule has 0 bridgehead atoms. The molecule has 6 atom stereocenters. The van der Waals surface area contributed by atoms with E-state index in [0.717, 1.165) is 30.8 Å². The van der Waals surface area contributed by atoms with E-state index in [0.29, 0.717) is 26.4 Å². The fourth-order valence-corrected chi connectivity index (χ4v) is 4.60. The van der Waals surface area contributed by atoms with E-state index in [9.17, 15) is 4.79 Å². The van der Waals surface area contributed by atoms with Crippen molar-refractivity contribution in [2.45, 2.75) is 97.6 Å². The highest BCUT2D eigenvalue weighted by Crippen LogP contribution is 2.39. The summed E-state index contributed by atoms with van der Waals surface area (Å²) < 4.78 is 29.2. The summed E-state index contributed by atoms with van der Waals surface area (Å²) in [6.07, 6.45) is 1.52. The molecule has 210 valence electrons. The summed E-state index contributed by atoms with van der Waals surface area (Å²) in [5.74, 6) is 0.530. The van der Waals surface area contributed by atoms with E-state index >= 15 is 0 Å². The first-order valence-corrected chi connectivity index (χ1v) is 13.6. The zero-order chi connectivity index (χ0) is 27.3. The predicted octanol–water partition coefficient (Wildman–Crippen LogP) is 5.10. The number of hydrogen-bond acceptors (Lipinski definition) is 8. The number of epoxide rings is 1. The van der Waals surface area contributed by atoms with Crippen molar-refractivity contribution in [3.63, 3.8) is 0 Å². The van der Waals surface area contributed by atoms with Crippen molar-refractivity contribution in [1.29, 1.82) is 0 Å². The van der Waals surface area contributed by atoms with Crippen LogP contribution < -0.4 is 4.74 Å². The average Bonchev–Trinajstić information content (AvgIpc) is 3.72. The van der Waals surface area contributed by atoms with Gasteiger partial charge in [0.05, 0.1) is 43.6 Å². The molecule has 2 aliphatic rings. The van der Waals surface area contributed by atoms with Gasteiger partial charge in [-0.1, -0.05) is 32.9 Å². The molecule has 8 heteroatoms. The van der Waals surface area contributed by atoms with Crippen LogP contribution in [0, 0.1) is 5.41 Å². The van der Waals surface area contributed by atoms with Crippen molar-refractivity contribution < 1.29 is 33.3 Å². The van der Waals surface area contributed by atoms with Crippen LogP contribution in [-0.4, -0.2) is 74.0 Å². The maximum atomic E-state index is 11.5. The fourth-order valence-electron chi connectivity index (χ4n) is 4.60. The molecule has 2 saturated heterocycles. The number of rotatable bonds is 10. The van der Waals surface area contributed by atoms with Gasteiger partial charge in [0, 0.05) is 12.3 Å². The molecule has 37 heavy (non-hydrogen) atoms. The van der Waals surface area contributed by atoms with Gasteiger partial charge >= 0.3 is 5.97 Å². The summed E-state index contributed by atoms with van der Waals surface area (Å²) in [6, 6.07) is 8.07. The minimum Gasteiger partial charge on any atom is -0.491 e. The van der Waals surface area contributed by atoms with Gasteiger partial charge in [-0.15, -0.1) is 0 Å². The van der Waals surface area contributed by atoms with E-state index in [1.165, 1.54) is 6.92 Å². The molecule has 0 amide bonds. The Morgan fingerprint density at radius 1 is 1.08 bits per heavy atom. The van der Waals surface area contributed by atoms with E-state index in [2.05, 4.69) is 58.7 Å². The quantitative estimate of drug-likeness (QED) is 0.311. The van der Waals surface area contributed by atoms with Crippen molar-refractivity contribution >= 4 is 5.97 Å². The number of esters is 1. The molecule has 0 saturated carbocycles. The number of nitrogens with zero attached hydrogens (tertiary/aromatic N) is 1. The van der Waals surface area contributed by atoms with Gasteiger partial charge in [-0.3, -0.25) is 9.63 Å². The highest BCUT2D eigenvalue weighted by Gasteiger charge is 2.49. The molecule has 6 unspecified atom stereocenters. The summed E-state index contributed by atoms with van der Waals surface area (Å²) >= 11 is 0. The molecule has 2 fully saturated rings. The zero-order valence-corrected chi connectivity index (χ0v) is 24.0. The van der Waals surface area contributed by atoms with Crippen LogP contribution in [0.2, 0.25) is 0 Å². The number of carbonyl (C=O) groups is 1. The van der Waals surface area contributed by atoms with Crippen LogP contribution in [0.5, 0.6) is 5.75 Å². The summed E-state index contributed by atoms with van der Waals surface area (Å²) in [5.41, 5.74) is -0.221. The first-order valence-electron chi connectivity index (χ1n) is 13.6. The van der Waals surface area contributed by atoms with Crippen LogP contribution in [0.3, 0.4) is 0 Å². The maximum Gasteiger partial charge on any atom is 0.302 e. The molecule has 8 nitrogen and oxygen atoms in total. The van der Waals surface area contributed by atoms with Crippen LogP contribution in [0.25, 0.3) is 0 Å². The van der Waals surface area contributed by atoms with Gasteiger partial charge in [-0.25, -0.2) is 0 Å². The molecule has 0 spiro atoms. The van der Waals surface area contributed by atoms with Crippen molar-refractivity contribution in [2.24, 2.45) is 5.41 Å². The van der Waals surface area contributed by atoms with Crippen molar-refractivity contribution in [2.75, 3.05) is 39.6 Å². The van der Waals surface area contributed by atoms with Gasteiger partial charge in [0.2, 0.25) is 0 Å². The second kappa shape index (κ2) is 12.4. The average molecular weight is 522 g/mol. The third-order valence-electron chi connectivity index (χ3n) is 7.93. The Morgan fingerprint density at radius 3 is 2.32 bits per heavy atom. The Kier molecular flexibility index (Phi) is 10.0. The molecule has 0 aromatic heterocycles. The van der Waals surface area contributed by atoms with Crippen molar-refractivity contribution in [3.8, 4) is 5.75 Å². The minimum atomic E-state index is -0.436. The molecule has 2 aliphatic heterocycles.